The first-order valence-electron chi connectivity index (χ1n) is 4.49. The molecular weight excluding hydrogens is 268 g/mol. The second-order valence-electron chi connectivity index (χ2n) is 3.34. The molecule has 0 saturated heterocycles. The number of nitrogens with zero attached hydrogens (tertiary/aromatic N) is 1. The summed E-state index contributed by atoms with van der Waals surface area (Å²) in [5, 5.41) is 9.92. The van der Waals surface area contributed by atoms with Gasteiger partial charge in [0.15, 0.2) is 0 Å². The molecule has 5 heteroatoms. The maximum atomic E-state index is 11.0. The molecule has 0 N–H and O–H groups in total. The van der Waals surface area contributed by atoms with Gasteiger partial charge in [-0.25, -0.2) is 0 Å². The Kier molecular flexibility index (Phi) is 4.61. The topological polar surface area (TPSA) is 40.9 Å². The Morgan fingerprint density at radius 1 is 1.38 bits per heavy atom. The van der Waals surface area contributed by atoms with E-state index in [1.807, 2.05) is 6.07 Å². The van der Waals surface area contributed by atoms with Gasteiger partial charge in [0.25, 0.3) is 0 Å². The molecule has 1 rings (SSSR count). The highest BCUT2D eigenvalue weighted by Crippen LogP contribution is 2.37. The summed E-state index contributed by atoms with van der Waals surface area (Å²) in [6, 6.07) is 5.13. The van der Waals surface area contributed by atoms with Crippen LogP contribution in [0.3, 0.4) is 0 Å². The van der Waals surface area contributed by atoms with Crippen LogP contribution in [0.4, 0.5) is 0 Å². The normalized spacial score (nSPS) is 11.9. The Balaban J connectivity index is 3.25. The van der Waals surface area contributed by atoms with E-state index in [4.69, 9.17) is 40.1 Å². The molecular formula is C11H8Cl3NO. The van der Waals surface area contributed by atoms with Crippen molar-refractivity contribution in [1.82, 2.24) is 0 Å². The van der Waals surface area contributed by atoms with Crippen LogP contribution in [0.15, 0.2) is 12.1 Å². The minimum absolute atomic E-state index is 0.0796. The van der Waals surface area contributed by atoms with Gasteiger partial charge in [0.2, 0.25) is 0 Å². The summed E-state index contributed by atoms with van der Waals surface area (Å²) < 4.78 is 0. The van der Waals surface area contributed by atoms with Crippen LogP contribution in [0.2, 0.25) is 15.1 Å². The molecule has 16 heavy (non-hydrogen) atoms. The third-order valence-electron chi connectivity index (χ3n) is 2.08. The lowest BCUT2D eigenvalue weighted by Crippen LogP contribution is -2.04. The van der Waals surface area contributed by atoms with Crippen LogP contribution in [0.25, 0.3) is 0 Å². The molecule has 1 unspecified atom stereocenters. The molecule has 0 aliphatic heterocycles. The molecule has 0 aromatic heterocycles. The Morgan fingerprint density at radius 3 is 2.44 bits per heavy atom. The number of ketones is 1. The van der Waals surface area contributed by atoms with Crippen molar-refractivity contribution in [3.8, 4) is 6.07 Å². The molecule has 0 aliphatic rings. The van der Waals surface area contributed by atoms with Crippen LogP contribution in [-0.4, -0.2) is 5.78 Å². The number of halogens is 3. The van der Waals surface area contributed by atoms with Crippen LogP contribution in [0.5, 0.6) is 0 Å². The third kappa shape index (κ3) is 2.89. The SMILES string of the molecule is CC(=O)CC(C#N)c1c(Cl)ccc(Cl)c1Cl. The standard InChI is InChI=1S/C11H8Cl3NO/c1-6(16)4-7(5-15)10-8(12)2-3-9(13)11(10)14/h2-3,7H,4H2,1H3. The van der Waals surface area contributed by atoms with Gasteiger partial charge in [0.1, 0.15) is 5.78 Å². The average molecular weight is 277 g/mol. The van der Waals surface area contributed by atoms with Gasteiger partial charge in [0.05, 0.1) is 22.0 Å². The zero-order chi connectivity index (χ0) is 12.3. The van der Waals surface area contributed by atoms with Gasteiger partial charge in [-0.3, -0.25) is 4.79 Å². The zero-order valence-corrected chi connectivity index (χ0v) is 10.7. The van der Waals surface area contributed by atoms with Gasteiger partial charge in [-0.05, 0) is 19.1 Å². The molecule has 84 valence electrons. The van der Waals surface area contributed by atoms with E-state index < -0.39 is 5.92 Å². The number of hydrogen-bond acceptors (Lipinski definition) is 2. The Bertz CT molecular complexity index is 465. The fourth-order valence-electron chi connectivity index (χ4n) is 1.36. The van der Waals surface area contributed by atoms with E-state index in [2.05, 4.69) is 0 Å². The van der Waals surface area contributed by atoms with Crippen molar-refractivity contribution in [3.05, 3.63) is 32.8 Å². The highest BCUT2D eigenvalue weighted by atomic mass is 35.5. The van der Waals surface area contributed by atoms with Gasteiger partial charge in [-0.1, -0.05) is 34.8 Å². The monoisotopic (exact) mass is 275 g/mol. The lowest BCUT2D eigenvalue weighted by Gasteiger charge is -2.12. The molecule has 0 aliphatic carbocycles. The van der Waals surface area contributed by atoms with Crippen LogP contribution in [0.1, 0.15) is 24.8 Å². The van der Waals surface area contributed by atoms with E-state index in [-0.39, 0.29) is 17.2 Å². The van der Waals surface area contributed by atoms with Crippen molar-refractivity contribution in [2.75, 3.05) is 0 Å². The van der Waals surface area contributed by atoms with Gasteiger partial charge in [-0.15, -0.1) is 0 Å². The quantitative estimate of drug-likeness (QED) is 0.775. The molecule has 0 radical (unpaired) electrons. The predicted molar refractivity (Wildman–Crippen MR) is 65.1 cm³/mol. The van der Waals surface area contributed by atoms with E-state index in [0.29, 0.717) is 15.6 Å². The van der Waals surface area contributed by atoms with Crippen molar-refractivity contribution in [2.24, 2.45) is 0 Å². The summed E-state index contributed by atoms with van der Waals surface area (Å²) in [7, 11) is 0. The van der Waals surface area contributed by atoms with E-state index in [1.54, 1.807) is 12.1 Å². The minimum atomic E-state index is -0.656. The van der Waals surface area contributed by atoms with Crippen LogP contribution < -0.4 is 0 Å². The summed E-state index contributed by atoms with van der Waals surface area (Å²) in [5.74, 6) is -0.755. The first-order chi connectivity index (χ1) is 7.47. The number of hydrogen-bond donors (Lipinski definition) is 0. The van der Waals surface area contributed by atoms with Crippen molar-refractivity contribution in [1.29, 1.82) is 5.26 Å². The molecule has 1 aromatic carbocycles. The van der Waals surface area contributed by atoms with Crippen molar-refractivity contribution < 1.29 is 4.79 Å². The number of Topliss-reactive ketones (excluding diaryl/α,β-unsaturated/α-hetero) is 1. The number of carbonyl (C=O) groups is 1. The predicted octanol–water partition coefficient (Wildman–Crippen LogP) is 4.23. The summed E-state index contributed by atoms with van der Waals surface area (Å²) in [6.45, 7) is 1.41. The van der Waals surface area contributed by atoms with Gasteiger partial charge in [-0.2, -0.15) is 5.26 Å². The zero-order valence-electron chi connectivity index (χ0n) is 8.43. The molecule has 2 nitrogen and oxygen atoms in total. The molecule has 0 saturated carbocycles. The average Bonchev–Trinajstić information content (AvgIpc) is 2.22. The van der Waals surface area contributed by atoms with Crippen molar-refractivity contribution in [2.45, 2.75) is 19.3 Å². The molecule has 0 spiro atoms. The maximum Gasteiger partial charge on any atom is 0.131 e. The Morgan fingerprint density at radius 2 is 1.94 bits per heavy atom. The maximum absolute atomic E-state index is 11.0. The largest absolute Gasteiger partial charge is 0.300 e. The number of carbonyl (C=O) groups excluding carboxylic acids is 1. The second kappa shape index (κ2) is 5.54. The summed E-state index contributed by atoms with van der Waals surface area (Å²) >= 11 is 17.8. The lowest BCUT2D eigenvalue weighted by atomic mass is 9.95. The summed E-state index contributed by atoms with van der Waals surface area (Å²) in [6.07, 6.45) is 0.0796. The Labute approximate surface area is 109 Å². The highest BCUT2D eigenvalue weighted by molar-refractivity contribution is 6.44. The second-order valence-corrected chi connectivity index (χ2v) is 4.54. The minimum Gasteiger partial charge on any atom is -0.300 e. The fraction of sp³-hybridized carbons (Fsp3) is 0.273. The smallest absolute Gasteiger partial charge is 0.131 e. The number of nitriles is 1. The Hall–Kier alpha value is -0.750. The molecule has 0 amide bonds. The van der Waals surface area contributed by atoms with Gasteiger partial charge < -0.3 is 0 Å². The van der Waals surface area contributed by atoms with E-state index >= 15 is 0 Å². The fourth-order valence-corrected chi connectivity index (χ4v) is 2.16. The lowest BCUT2D eigenvalue weighted by molar-refractivity contribution is -0.117. The van der Waals surface area contributed by atoms with Crippen LogP contribution in [0, 0.1) is 11.3 Å². The molecule has 0 bridgehead atoms. The van der Waals surface area contributed by atoms with Gasteiger partial charge in [0, 0.05) is 17.0 Å². The molecule has 0 heterocycles. The van der Waals surface area contributed by atoms with Crippen molar-refractivity contribution in [3.63, 3.8) is 0 Å². The van der Waals surface area contributed by atoms with Gasteiger partial charge >= 0.3 is 0 Å². The molecule has 1 aromatic rings. The molecule has 0 fully saturated rings. The third-order valence-corrected chi connectivity index (χ3v) is 3.22. The first-order valence-corrected chi connectivity index (χ1v) is 5.63. The van der Waals surface area contributed by atoms with Crippen LogP contribution in [-0.2, 0) is 4.79 Å². The van der Waals surface area contributed by atoms with Crippen LogP contribution >= 0.6 is 34.8 Å². The summed E-state index contributed by atoms with van der Waals surface area (Å²) in [4.78, 5) is 11.0. The van der Waals surface area contributed by atoms with Crippen molar-refractivity contribution >= 4 is 40.6 Å². The van der Waals surface area contributed by atoms with E-state index in [0.717, 1.165) is 0 Å². The highest BCUT2D eigenvalue weighted by Gasteiger charge is 2.21. The number of rotatable bonds is 3. The van der Waals surface area contributed by atoms with E-state index in [1.165, 1.54) is 6.92 Å². The van der Waals surface area contributed by atoms with E-state index in [9.17, 15) is 4.79 Å². The molecule has 1 atom stereocenters. The summed E-state index contributed by atoms with van der Waals surface area (Å²) in [5.41, 5.74) is 0.425. The number of benzene rings is 1. The first kappa shape index (κ1) is 13.3.